The molecule has 0 aliphatic rings. The lowest BCUT2D eigenvalue weighted by Crippen LogP contribution is -2.18. The van der Waals surface area contributed by atoms with Gasteiger partial charge in [0, 0.05) is 0 Å². The van der Waals surface area contributed by atoms with Gasteiger partial charge >= 0.3 is 11.4 Å². The molecule has 0 spiro atoms. The average Bonchev–Trinajstić information content (AvgIpc) is 2.19. The maximum atomic E-state index is 10.9. The number of rotatable bonds is 2. The summed E-state index contributed by atoms with van der Waals surface area (Å²) in [7, 11) is 0. The van der Waals surface area contributed by atoms with Gasteiger partial charge in [0.05, 0.1) is 11.3 Å². The molecule has 0 unspecified atom stereocenters. The normalized spacial score (nSPS) is 8.43. The summed E-state index contributed by atoms with van der Waals surface area (Å²) in [5, 5.41) is 0. The molecule has 0 bridgehead atoms. The first-order chi connectivity index (χ1) is 6.69. The van der Waals surface area contributed by atoms with E-state index in [1.165, 1.54) is 12.2 Å². The topological polar surface area (TPSA) is 63.1 Å². The van der Waals surface area contributed by atoms with Crippen molar-refractivity contribution in [3.8, 4) is 0 Å². The maximum Gasteiger partial charge on any atom is 0.419 e. The molecule has 0 amide bonds. The molecular formula is C10H13NO3. The van der Waals surface area contributed by atoms with Gasteiger partial charge < -0.3 is 4.42 Å². The summed E-state index contributed by atoms with van der Waals surface area (Å²) in [4.78, 5) is 23.9. The number of H-pyrrole nitrogens is 1. The molecular weight excluding hydrogens is 182 g/mol. The largest absolute Gasteiger partial charge is 0.419 e. The van der Waals surface area contributed by atoms with Gasteiger partial charge in [-0.2, -0.15) is 0 Å². The Morgan fingerprint density at radius 2 is 1.79 bits per heavy atom. The Kier molecular flexibility index (Phi) is 4.99. The Morgan fingerprint density at radius 1 is 1.21 bits per heavy atom. The molecule has 0 fully saturated rings. The van der Waals surface area contributed by atoms with Crippen LogP contribution in [-0.2, 0) is 0 Å². The summed E-state index contributed by atoms with van der Waals surface area (Å²) in [5.41, 5.74) is -0.167. The van der Waals surface area contributed by atoms with Crippen molar-refractivity contribution in [2.24, 2.45) is 0 Å². The zero-order chi connectivity index (χ0) is 11.1. The van der Waals surface area contributed by atoms with E-state index < -0.39 is 11.4 Å². The molecule has 1 rings (SSSR count). The Labute approximate surface area is 81.6 Å². The van der Waals surface area contributed by atoms with E-state index in [2.05, 4.69) is 22.6 Å². The van der Waals surface area contributed by atoms with Crippen LogP contribution in [0, 0.1) is 0 Å². The van der Waals surface area contributed by atoms with Crippen molar-refractivity contribution in [2.45, 2.75) is 13.8 Å². The Bertz CT molecular complexity index is 426. The summed E-state index contributed by atoms with van der Waals surface area (Å²) in [6, 6.07) is 0. The van der Waals surface area contributed by atoms with E-state index in [-0.39, 0.29) is 5.56 Å². The SMILES string of the molecule is C=Cc1[nH]c(=O)oc(=O)c1C=C.CC. The number of aromatic nitrogens is 1. The highest BCUT2D eigenvalue weighted by Crippen LogP contribution is 1.99. The van der Waals surface area contributed by atoms with Crippen LogP contribution in [-0.4, -0.2) is 4.98 Å². The lowest BCUT2D eigenvalue weighted by atomic mass is 10.2. The molecule has 1 aromatic rings. The number of nitrogens with one attached hydrogen (secondary N) is 1. The van der Waals surface area contributed by atoms with Crippen molar-refractivity contribution in [1.82, 2.24) is 4.98 Å². The van der Waals surface area contributed by atoms with Gasteiger partial charge in [0.2, 0.25) is 0 Å². The van der Waals surface area contributed by atoms with Crippen LogP contribution >= 0.6 is 0 Å². The van der Waals surface area contributed by atoms with Crippen molar-refractivity contribution in [3.05, 3.63) is 45.4 Å². The predicted molar refractivity (Wildman–Crippen MR) is 57.1 cm³/mol. The van der Waals surface area contributed by atoms with Crippen LogP contribution < -0.4 is 11.4 Å². The third-order valence-electron chi connectivity index (χ3n) is 1.34. The molecule has 0 saturated heterocycles. The lowest BCUT2D eigenvalue weighted by Gasteiger charge is -1.94. The van der Waals surface area contributed by atoms with Gasteiger partial charge in [0.25, 0.3) is 0 Å². The number of hydrogen-bond donors (Lipinski definition) is 1. The summed E-state index contributed by atoms with van der Waals surface area (Å²) in [5.74, 6) is -0.791. The molecule has 0 aromatic carbocycles. The summed E-state index contributed by atoms with van der Waals surface area (Å²) >= 11 is 0. The first-order valence-corrected chi connectivity index (χ1v) is 4.21. The Hall–Kier alpha value is -1.84. The molecule has 0 atom stereocenters. The molecule has 1 aromatic heterocycles. The fourth-order valence-corrected chi connectivity index (χ4v) is 0.806. The minimum atomic E-state index is -0.791. The van der Waals surface area contributed by atoms with Crippen LogP contribution in [0.1, 0.15) is 25.1 Å². The highest BCUT2D eigenvalue weighted by molar-refractivity contribution is 5.58. The first-order valence-electron chi connectivity index (χ1n) is 4.21. The molecule has 0 aliphatic carbocycles. The van der Waals surface area contributed by atoms with Crippen LogP contribution in [0.25, 0.3) is 12.2 Å². The van der Waals surface area contributed by atoms with E-state index in [0.29, 0.717) is 5.69 Å². The average molecular weight is 195 g/mol. The van der Waals surface area contributed by atoms with Gasteiger partial charge in [-0.05, 0) is 6.08 Å². The van der Waals surface area contributed by atoms with Crippen LogP contribution in [0.3, 0.4) is 0 Å². The van der Waals surface area contributed by atoms with Crippen LogP contribution in [0.2, 0.25) is 0 Å². The lowest BCUT2D eigenvalue weighted by molar-refractivity contribution is 0.447. The minimum Gasteiger partial charge on any atom is -0.372 e. The van der Waals surface area contributed by atoms with Crippen LogP contribution in [0.15, 0.2) is 27.2 Å². The second kappa shape index (κ2) is 5.75. The smallest absolute Gasteiger partial charge is 0.372 e. The second-order valence-electron chi connectivity index (χ2n) is 2.04. The van der Waals surface area contributed by atoms with E-state index in [0.717, 1.165) is 0 Å². The van der Waals surface area contributed by atoms with Crippen LogP contribution in [0.5, 0.6) is 0 Å². The molecule has 76 valence electrons. The monoisotopic (exact) mass is 195 g/mol. The van der Waals surface area contributed by atoms with Crippen molar-refractivity contribution in [3.63, 3.8) is 0 Å². The standard InChI is InChI=1S/C8H7NO3.C2H6/c1-3-5-6(4-2)9-8(11)12-7(5)10;1-2/h3-4H,1-2H2,(H,9,11);1-2H3. The van der Waals surface area contributed by atoms with Gasteiger partial charge in [0.15, 0.2) is 0 Å². The van der Waals surface area contributed by atoms with Gasteiger partial charge in [-0.25, -0.2) is 9.59 Å². The van der Waals surface area contributed by atoms with E-state index in [1.807, 2.05) is 13.8 Å². The van der Waals surface area contributed by atoms with Crippen molar-refractivity contribution >= 4 is 12.2 Å². The van der Waals surface area contributed by atoms with E-state index in [1.54, 1.807) is 0 Å². The first kappa shape index (κ1) is 12.2. The van der Waals surface area contributed by atoms with E-state index in [4.69, 9.17) is 0 Å². The number of aromatic amines is 1. The molecule has 14 heavy (non-hydrogen) atoms. The predicted octanol–water partition coefficient (Wildman–Crippen LogP) is 1.64. The molecule has 4 nitrogen and oxygen atoms in total. The Morgan fingerprint density at radius 3 is 2.21 bits per heavy atom. The molecule has 4 heteroatoms. The molecule has 0 saturated carbocycles. The third-order valence-corrected chi connectivity index (χ3v) is 1.34. The molecule has 1 heterocycles. The highest BCUT2D eigenvalue weighted by Gasteiger charge is 2.03. The zero-order valence-electron chi connectivity index (χ0n) is 8.29. The van der Waals surface area contributed by atoms with Gasteiger partial charge in [-0.3, -0.25) is 4.98 Å². The quantitative estimate of drug-likeness (QED) is 0.780. The fraction of sp³-hybridized carbons (Fsp3) is 0.200. The van der Waals surface area contributed by atoms with E-state index in [9.17, 15) is 9.59 Å². The molecule has 1 N–H and O–H groups in total. The van der Waals surface area contributed by atoms with Gasteiger partial charge in [-0.1, -0.05) is 33.1 Å². The second-order valence-corrected chi connectivity index (χ2v) is 2.04. The van der Waals surface area contributed by atoms with Crippen LogP contribution in [0.4, 0.5) is 0 Å². The summed E-state index contributed by atoms with van der Waals surface area (Å²) in [6.07, 6.45) is 2.66. The maximum absolute atomic E-state index is 10.9. The summed E-state index contributed by atoms with van der Waals surface area (Å²) < 4.78 is 4.26. The fourth-order valence-electron chi connectivity index (χ4n) is 0.806. The third kappa shape index (κ3) is 2.58. The zero-order valence-corrected chi connectivity index (χ0v) is 8.29. The number of hydrogen-bond acceptors (Lipinski definition) is 3. The van der Waals surface area contributed by atoms with Crippen molar-refractivity contribution in [1.29, 1.82) is 0 Å². The van der Waals surface area contributed by atoms with Crippen molar-refractivity contribution in [2.75, 3.05) is 0 Å². The van der Waals surface area contributed by atoms with E-state index >= 15 is 0 Å². The van der Waals surface area contributed by atoms with Gasteiger partial charge in [0.1, 0.15) is 0 Å². The van der Waals surface area contributed by atoms with Crippen molar-refractivity contribution < 1.29 is 4.42 Å². The molecule has 0 aliphatic heterocycles. The van der Waals surface area contributed by atoms with Gasteiger partial charge in [-0.15, -0.1) is 0 Å². The minimum absolute atomic E-state index is 0.213. The molecule has 0 radical (unpaired) electrons. The highest BCUT2D eigenvalue weighted by atomic mass is 16.4. The summed E-state index contributed by atoms with van der Waals surface area (Å²) in [6.45, 7) is 10.8. The Balaban J connectivity index is 0.000000791.